The molecule has 0 aliphatic heterocycles. The molecule has 2 aromatic carbocycles. The molecule has 0 radical (unpaired) electrons. The maximum atomic E-state index is 12.3. The zero-order valence-corrected chi connectivity index (χ0v) is 54.7. The second-order valence-corrected chi connectivity index (χ2v) is 24.2. The molecule has 5 nitrogen and oxygen atoms in total. The molecule has 4 rings (SSSR count). The number of halogens is 1. The third-order valence-corrected chi connectivity index (χ3v) is 16.1. The number of methoxy groups -OCH3 is 1. The lowest BCUT2D eigenvalue weighted by molar-refractivity contribution is -0.110. The minimum atomic E-state index is -0.0249. The van der Waals surface area contributed by atoms with Crippen LogP contribution in [0.15, 0.2) is 98.8 Å². The van der Waals surface area contributed by atoms with Crippen LogP contribution in [-0.4, -0.2) is 44.2 Å². The summed E-state index contributed by atoms with van der Waals surface area (Å²) in [6.07, 6.45) is 28.5. The van der Waals surface area contributed by atoms with Gasteiger partial charge in [-0.3, -0.25) is 9.59 Å². The lowest BCUT2D eigenvalue weighted by Crippen LogP contribution is -2.35. The number of carbonyl (C=O) groups excluding carboxylic acids is 2. The molecule has 3 unspecified atom stereocenters. The number of Topliss-reactive ketones (excluding diaryl/α,β-unsaturated/α-hetero) is 1. The third-order valence-electron chi connectivity index (χ3n) is 14.5. The molecular weight excluding hydrogens is 1020 g/mol. The molecular formula is C69H116BrNO4S. The minimum Gasteiger partial charge on any atom is -0.379 e. The van der Waals surface area contributed by atoms with Crippen LogP contribution in [0, 0.1) is 31.6 Å². The van der Waals surface area contributed by atoms with Crippen LogP contribution in [0.4, 0.5) is 0 Å². The van der Waals surface area contributed by atoms with Crippen LogP contribution in [0.5, 0.6) is 0 Å². The normalized spacial score (nSPS) is 14.9. The number of hydrogen-bond donors (Lipinski definition) is 1. The summed E-state index contributed by atoms with van der Waals surface area (Å²) in [5.74, 6) is 2.91. The fourth-order valence-electron chi connectivity index (χ4n) is 8.56. The average Bonchev–Trinajstić information content (AvgIpc) is 3.89. The molecule has 2 aliphatic rings. The Morgan fingerprint density at radius 2 is 1.50 bits per heavy atom. The SMILES string of the molecule is C=C(C)C(C)CC.C=CS/C(C1=CC=C([C@H](COCCC)NC=O)CC1)=C(/C)CCC.CC1CCCC1.CCCCCC(CCC)c1ccc(C)c(C)c1.CCCc1cccc(Br)c1C(=O)C(C)CC.COC(C)(C)C. The van der Waals surface area contributed by atoms with Crippen molar-refractivity contribution in [1.82, 2.24) is 5.32 Å². The molecule has 2 aromatic rings. The van der Waals surface area contributed by atoms with Gasteiger partial charge in [-0.25, -0.2) is 0 Å². The molecule has 76 heavy (non-hydrogen) atoms. The molecule has 2 aliphatic carbocycles. The number of aryl methyl sites for hydroxylation is 3. The first-order valence-electron chi connectivity index (χ1n) is 29.8. The van der Waals surface area contributed by atoms with Gasteiger partial charge >= 0.3 is 0 Å². The monoisotopic (exact) mass is 1130 g/mol. The van der Waals surface area contributed by atoms with E-state index in [2.05, 4.69) is 161 Å². The van der Waals surface area contributed by atoms with Crippen molar-refractivity contribution in [2.75, 3.05) is 20.3 Å². The molecule has 4 atom stereocenters. The van der Waals surface area contributed by atoms with Crippen molar-refractivity contribution in [2.24, 2.45) is 17.8 Å². The summed E-state index contributed by atoms with van der Waals surface area (Å²) < 4.78 is 11.5. The third kappa shape index (κ3) is 34.1. The number of benzene rings is 2. The summed E-state index contributed by atoms with van der Waals surface area (Å²) in [5, 5.41) is 4.79. The van der Waals surface area contributed by atoms with Crippen molar-refractivity contribution in [1.29, 1.82) is 0 Å². The van der Waals surface area contributed by atoms with Crippen molar-refractivity contribution in [3.63, 3.8) is 0 Å². The Bertz CT molecular complexity index is 1970. The summed E-state index contributed by atoms with van der Waals surface area (Å²) in [7, 11) is 1.71. The largest absolute Gasteiger partial charge is 0.379 e. The quantitative estimate of drug-likeness (QED) is 0.0440. The molecule has 434 valence electrons. The fourth-order valence-corrected chi connectivity index (χ4v) is 9.96. The second-order valence-electron chi connectivity index (χ2n) is 22.4. The predicted octanol–water partition coefficient (Wildman–Crippen LogP) is 21.8. The average molecular weight is 1140 g/mol. The number of carbonyl (C=O) groups is 2. The van der Waals surface area contributed by atoms with E-state index in [1.54, 1.807) is 24.4 Å². The summed E-state index contributed by atoms with van der Waals surface area (Å²) in [5.41, 5.74) is 11.8. The second kappa shape index (κ2) is 45.8. The highest BCUT2D eigenvalue weighted by atomic mass is 79.9. The summed E-state index contributed by atoms with van der Waals surface area (Å²) in [6.45, 7) is 45.5. The summed E-state index contributed by atoms with van der Waals surface area (Å²) >= 11 is 5.21. The van der Waals surface area contributed by atoms with Gasteiger partial charge in [-0.1, -0.05) is 228 Å². The Balaban J connectivity index is 0. The van der Waals surface area contributed by atoms with Crippen LogP contribution in [0.3, 0.4) is 0 Å². The van der Waals surface area contributed by atoms with Crippen LogP contribution in [0.25, 0.3) is 0 Å². The van der Waals surface area contributed by atoms with E-state index in [9.17, 15) is 9.59 Å². The van der Waals surface area contributed by atoms with Crippen LogP contribution in [-0.2, 0) is 20.7 Å². The van der Waals surface area contributed by atoms with Crippen molar-refractivity contribution >= 4 is 39.9 Å². The highest BCUT2D eigenvalue weighted by molar-refractivity contribution is 9.10. The lowest BCUT2D eigenvalue weighted by Gasteiger charge is -2.24. The first-order chi connectivity index (χ1) is 36.1. The van der Waals surface area contributed by atoms with Gasteiger partial charge in [0.05, 0.1) is 18.2 Å². The van der Waals surface area contributed by atoms with Crippen molar-refractivity contribution < 1.29 is 19.1 Å². The highest BCUT2D eigenvalue weighted by Crippen LogP contribution is 2.36. The Hall–Kier alpha value is -2.97. The predicted molar refractivity (Wildman–Crippen MR) is 343 cm³/mol. The van der Waals surface area contributed by atoms with Gasteiger partial charge < -0.3 is 14.8 Å². The number of ketones is 1. The zero-order chi connectivity index (χ0) is 58.1. The van der Waals surface area contributed by atoms with Crippen LogP contribution >= 0.6 is 27.7 Å². The molecule has 0 bridgehead atoms. The summed E-state index contributed by atoms with van der Waals surface area (Å²) in [4.78, 5) is 24.5. The zero-order valence-electron chi connectivity index (χ0n) is 52.3. The fraction of sp³-hybridized carbons (Fsp3) is 0.652. The van der Waals surface area contributed by atoms with E-state index in [0.717, 1.165) is 86.3 Å². The number of unbranched alkanes of at least 4 members (excludes halogenated alkanes) is 2. The molecule has 0 aromatic heterocycles. The number of thioether (sulfide) groups is 1. The van der Waals surface area contributed by atoms with E-state index in [1.165, 1.54) is 115 Å². The molecule has 0 saturated heterocycles. The van der Waals surface area contributed by atoms with Gasteiger partial charge in [-0.15, -0.1) is 0 Å². The number of nitrogens with one attached hydrogen (secondary N) is 1. The van der Waals surface area contributed by atoms with Crippen molar-refractivity contribution in [3.8, 4) is 0 Å². The van der Waals surface area contributed by atoms with Crippen LogP contribution in [0.2, 0.25) is 0 Å². The topological polar surface area (TPSA) is 64.6 Å². The first-order valence-corrected chi connectivity index (χ1v) is 31.5. The van der Waals surface area contributed by atoms with Crippen molar-refractivity contribution in [3.05, 3.63) is 127 Å². The van der Waals surface area contributed by atoms with Gasteiger partial charge in [0, 0.05) is 34.6 Å². The Kier molecular flexibility index (Phi) is 45.3. The van der Waals surface area contributed by atoms with Gasteiger partial charge in [0.25, 0.3) is 0 Å². The smallest absolute Gasteiger partial charge is 0.207 e. The van der Waals surface area contributed by atoms with E-state index in [1.807, 2.05) is 45.2 Å². The minimum absolute atomic E-state index is 0.0249. The van der Waals surface area contributed by atoms with Crippen LogP contribution in [0.1, 0.15) is 258 Å². The molecule has 1 N–H and O–H groups in total. The number of ether oxygens (including phenoxy) is 2. The Morgan fingerprint density at radius 1 is 0.855 bits per heavy atom. The first kappa shape index (κ1) is 75.1. The lowest BCUT2D eigenvalue weighted by atomic mass is 9.88. The van der Waals surface area contributed by atoms with Crippen LogP contribution < -0.4 is 5.32 Å². The number of allylic oxidation sites excluding steroid dienone is 5. The van der Waals surface area contributed by atoms with Gasteiger partial charge in [-0.2, -0.15) is 0 Å². The molecule has 0 heterocycles. The number of amides is 1. The maximum absolute atomic E-state index is 12.3. The Morgan fingerprint density at radius 3 is 1.93 bits per heavy atom. The van der Waals surface area contributed by atoms with Gasteiger partial charge in [0.1, 0.15) is 0 Å². The Labute approximate surface area is 483 Å². The van der Waals surface area contributed by atoms with E-state index >= 15 is 0 Å². The molecule has 7 heteroatoms. The van der Waals surface area contributed by atoms with Gasteiger partial charge in [0.2, 0.25) is 6.41 Å². The van der Waals surface area contributed by atoms with Gasteiger partial charge in [0.15, 0.2) is 5.78 Å². The number of rotatable bonds is 26. The number of hydrogen-bond acceptors (Lipinski definition) is 5. The highest BCUT2D eigenvalue weighted by Gasteiger charge is 2.21. The molecule has 1 saturated carbocycles. The summed E-state index contributed by atoms with van der Waals surface area (Å²) in [6, 6.07) is 13.0. The van der Waals surface area contributed by atoms with E-state index in [-0.39, 0.29) is 23.3 Å². The van der Waals surface area contributed by atoms with E-state index in [4.69, 9.17) is 9.47 Å². The van der Waals surface area contributed by atoms with Gasteiger partial charge in [-0.05, 0) is 169 Å². The maximum Gasteiger partial charge on any atom is 0.207 e. The standard InChI is InChI=1S/C20H31NO2S.C17H28.C14H19BrO.C7H14.C6H12.C5H12O/c1-5-8-16(4)20(24-7-3)18-11-9-17(10-12-18)19(21-15-22)14-23-13-6-2;1-5-7-8-10-16(9-6-2)17-12-11-14(3)15(4)13-17;1-4-7-11-8-6-9-12(15)13(11)14(16)10(3)5-2;1-5-7(4)6(2)3;1-6-4-2-3-5-6;1-5(2,3)6-4/h7,9,11,15,19H,3,5-6,8,10,12-14H2,1-2,4H3,(H,21,22);11-13,16H,5-10H2,1-4H3;6,8-10H,4-5,7H2,1-3H3;7H,2,5H2,1,3-4H3;6H,2-5H2,1H3;1-4H3/b20-16-;;;;;/t19-;;;;;/m0...../s1. The molecule has 1 fully saturated rings. The van der Waals surface area contributed by atoms with Crippen molar-refractivity contribution in [2.45, 2.75) is 257 Å². The molecule has 1 amide bonds. The van der Waals surface area contributed by atoms with E-state index < -0.39 is 0 Å². The molecule has 0 spiro atoms. The van der Waals surface area contributed by atoms with E-state index in [0.29, 0.717) is 12.5 Å².